The minimum atomic E-state index is -0.287. The van der Waals surface area contributed by atoms with E-state index in [2.05, 4.69) is 26.6 Å². The Labute approximate surface area is 195 Å². The highest BCUT2D eigenvalue weighted by Gasteiger charge is 2.09. The number of alkyl halides is 1. The molecule has 3 rings (SSSR count). The topological polar surface area (TPSA) is 84.5 Å². The van der Waals surface area contributed by atoms with Gasteiger partial charge in [-0.05, 0) is 73.5 Å². The van der Waals surface area contributed by atoms with Crippen LogP contribution >= 0.6 is 15.9 Å². The molecule has 0 radical (unpaired) electrons. The molecule has 0 fully saturated rings. The first-order valence-corrected chi connectivity index (χ1v) is 11.3. The van der Waals surface area contributed by atoms with Gasteiger partial charge in [0.25, 0.3) is 11.8 Å². The number of anilines is 2. The first-order chi connectivity index (χ1) is 15.5. The number of hydrogen-bond acceptors (Lipinski definition) is 4. The van der Waals surface area contributed by atoms with Crippen molar-refractivity contribution in [1.82, 2.24) is 0 Å². The Kier molecular flexibility index (Phi) is 8.57. The summed E-state index contributed by atoms with van der Waals surface area (Å²) in [5.74, 6) is -0.343. The van der Waals surface area contributed by atoms with E-state index in [1.807, 2.05) is 6.07 Å². The maximum atomic E-state index is 12.5. The second-order valence-electron chi connectivity index (χ2n) is 7.00. The third kappa shape index (κ3) is 7.06. The van der Waals surface area contributed by atoms with Crippen LogP contribution in [-0.4, -0.2) is 23.1 Å². The third-order valence-corrected chi connectivity index (χ3v) is 5.11. The normalized spacial score (nSPS) is 10.3. The minimum Gasteiger partial charge on any atom is -0.427 e. The van der Waals surface area contributed by atoms with Gasteiger partial charge in [0.15, 0.2) is 0 Å². The Hall–Kier alpha value is -3.45. The molecular formula is C25H23BrN2O4. The summed E-state index contributed by atoms with van der Waals surface area (Å²) in [6, 6.07) is 22.1. The maximum Gasteiger partial charge on any atom is 0.311 e. The largest absolute Gasteiger partial charge is 0.427 e. The summed E-state index contributed by atoms with van der Waals surface area (Å²) < 4.78 is 5.28. The molecule has 0 unspecified atom stereocenters. The fraction of sp³-hybridized carbons (Fsp3) is 0.160. The number of hydrogen-bond donors (Lipinski definition) is 2. The lowest BCUT2D eigenvalue weighted by Crippen LogP contribution is -2.13. The molecule has 7 heteroatoms. The summed E-state index contributed by atoms with van der Waals surface area (Å²) in [5, 5.41) is 6.45. The second kappa shape index (κ2) is 11.8. The first-order valence-electron chi connectivity index (χ1n) is 10.2. The van der Waals surface area contributed by atoms with Gasteiger partial charge in [-0.15, -0.1) is 0 Å². The number of halogens is 1. The van der Waals surface area contributed by atoms with Gasteiger partial charge in [0, 0.05) is 34.3 Å². The van der Waals surface area contributed by atoms with Gasteiger partial charge in [-0.25, -0.2) is 0 Å². The molecule has 0 aromatic heterocycles. The fourth-order valence-electron chi connectivity index (χ4n) is 2.85. The molecule has 0 spiro atoms. The van der Waals surface area contributed by atoms with Gasteiger partial charge >= 0.3 is 5.97 Å². The molecule has 3 aromatic carbocycles. The molecule has 0 aliphatic heterocycles. The maximum absolute atomic E-state index is 12.5. The van der Waals surface area contributed by atoms with E-state index in [1.54, 1.807) is 72.8 Å². The number of carbonyl (C=O) groups excluding carboxylic acids is 3. The standard InChI is InChI=1S/C25H23BrN2O4/c26-17-5-4-8-23(29)32-22-15-13-21(14-16-22)28-25(31)19-9-11-20(12-10-19)27-24(30)18-6-2-1-3-7-18/h1-3,6-7,9-16H,4-5,8,17H2,(H,27,30)(H,28,31). The molecular weight excluding hydrogens is 472 g/mol. The zero-order chi connectivity index (χ0) is 22.8. The van der Waals surface area contributed by atoms with Crippen molar-refractivity contribution in [2.75, 3.05) is 16.0 Å². The van der Waals surface area contributed by atoms with Crippen LogP contribution in [0.5, 0.6) is 5.75 Å². The minimum absolute atomic E-state index is 0.216. The number of rotatable bonds is 9. The van der Waals surface area contributed by atoms with E-state index in [4.69, 9.17) is 4.74 Å². The Morgan fingerprint density at radius 2 is 1.22 bits per heavy atom. The molecule has 0 aliphatic carbocycles. The number of carbonyl (C=O) groups is 3. The lowest BCUT2D eigenvalue weighted by atomic mass is 10.1. The van der Waals surface area contributed by atoms with Crippen molar-refractivity contribution in [3.63, 3.8) is 0 Å². The van der Waals surface area contributed by atoms with Gasteiger partial charge in [-0.1, -0.05) is 34.1 Å². The first kappa shape index (κ1) is 23.2. The van der Waals surface area contributed by atoms with Crippen LogP contribution in [0.15, 0.2) is 78.9 Å². The molecule has 0 bridgehead atoms. The van der Waals surface area contributed by atoms with Crippen molar-refractivity contribution in [2.45, 2.75) is 19.3 Å². The molecule has 164 valence electrons. The van der Waals surface area contributed by atoms with Crippen molar-refractivity contribution in [1.29, 1.82) is 0 Å². The lowest BCUT2D eigenvalue weighted by molar-refractivity contribution is -0.134. The molecule has 0 saturated carbocycles. The SMILES string of the molecule is O=C(CCCCBr)Oc1ccc(NC(=O)c2ccc(NC(=O)c3ccccc3)cc2)cc1. The van der Waals surface area contributed by atoms with E-state index in [0.29, 0.717) is 34.7 Å². The quantitative estimate of drug-likeness (QED) is 0.174. The van der Waals surface area contributed by atoms with E-state index in [9.17, 15) is 14.4 Å². The molecule has 2 N–H and O–H groups in total. The third-order valence-electron chi connectivity index (χ3n) is 4.55. The van der Waals surface area contributed by atoms with Crippen molar-refractivity contribution in [3.8, 4) is 5.75 Å². The molecule has 0 saturated heterocycles. The average Bonchev–Trinajstić information content (AvgIpc) is 2.81. The van der Waals surface area contributed by atoms with E-state index >= 15 is 0 Å². The van der Waals surface area contributed by atoms with Gasteiger partial charge in [-0.3, -0.25) is 14.4 Å². The van der Waals surface area contributed by atoms with Crippen molar-refractivity contribution in [3.05, 3.63) is 90.0 Å². The number of esters is 1. The van der Waals surface area contributed by atoms with Gasteiger partial charge in [0.05, 0.1) is 0 Å². The van der Waals surface area contributed by atoms with E-state index in [1.165, 1.54) is 0 Å². The summed E-state index contributed by atoms with van der Waals surface area (Å²) in [4.78, 5) is 36.5. The molecule has 6 nitrogen and oxygen atoms in total. The Morgan fingerprint density at radius 3 is 1.78 bits per heavy atom. The van der Waals surface area contributed by atoms with Crippen molar-refractivity contribution < 1.29 is 19.1 Å². The second-order valence-corrected chi connectivity index (χ2v) is 7.79. The van der Waals surface area contributed by atoms with Crippen LogP contribution < -0.4 is 15.4 Å². The highest BCUT2D eigenvalue weighted by molar-refractivity contribution is 9.09. The highest BCUT2D eigenvalue weighted by atomic mass is 79.9. The zero-order valence-electron chi connectivity index (χ0n) is 17.3. The van der Waals surface area contributed by atoms with Crippen LogP contribution in [0.25, 0.3) is 0 Å². The molecule has 0 aliphatic rings. The smallest absolute Gasteiger partial charge is 0.311 e. The lowest BCUT2D eigenvalue weighted by Gasteiger charge is -2.09. The predicted octanol–water partition coefficient (Wildman–Crippen LogP) is 5.66. The number of nitrogens with one attached hydrogen (secondary N) is 2. The number of amides is 2. The van der Waals surface area contributed by atoms with E-state index in [0.717, 1.165) is 18.2 Å². The zero-order valence-corrected chi connectivity index (χ0v) is 18.9. The molecule has 32 heavy (non-hydrogen) atoms. The summed E-state index contributed by atoms with van der Waals surface area (Å²) in [5.41, 5.74) is 2.18. The van der Waals surface area contributed by atoms with Gasteiger partial charge in [0.1, 0.15) is 5.75 Å². The van der Waals surface area contributed by atoms with Crippen LogP contribution in [0.3, 0.4) is 0 Å². The van der Waals surface area contributed by atoms with Gasteiger partial charge in [-0.2, -0.15) is 0 Å². The Morgan fingerprint density at radius 1 is 0.688 bits per heavy atom. The van der Waals surface area contributed by atoms with E-state index < -0.39 is 0 Å². The fourth-order valence-corrected chi connectivity index (χ4v) is 3.25. The van der Waals surface area contributed by atoms with Crippen LogP contribution in [0.4, 0.5) is 11.4 Å². The average molecular weight is 495 g/mol. The monoisotopic (exact) mass is 494 g/mol. The number of unbranched alkanes of at least 4 members (excludes halogenated alkanes) is 1. The Bertz CT molecular complexity index is 1050. The number of benzene rings is 3. The van der Waals surface area contributed by atoms with Crippen LogP contribution in [0.1, 0.15) is 40.0 Å². The summed E-state index contributed by atoms with van der Waals surface area (Å²) in [7, 11) is 0. The molecule has 3 aromatic rings. The van der Waals surface area contributed by atoms with Crippen molar-refractivity contribution in [2.24, 2.45) is 0 Å². The van der Waals surface area contributed by atoms with Gasteiger partial charge < -0.3 is 15.4 Å². The van der Waals surface area contributed by atoms with Gasteiger partial charge in [0.2, 0.25) is 0 Å². The van der Waals surface area contributed by atoms with Crippen molar-refractivity contribution >= 4 is 45.1 Å². The van der Waals surface area contributed by atoms with Crippen LogP contribution in [-0.2, 0) is 4.79 Å². The molecule has 0 heterocycles. The molecule has 2 amide bonds. The summed E-state index contributed by atoms with van der Waals surface area (Å²) in [6.45, 7) is 0. The molecule has 0 atom stereocenters. The summed E-state index contributed by atoms with van der Waals surface area (Å²) >= 11 is 3.33. The predicted molar refractivity (Wildman–Crippen MR) is 129 cm³/mol. The van der Waals surface area contributed by atoms with E-state index in [-0.39, 0.29) is 17.8 Å². The summed E-state index contributed by atoms with van der Waals surface area (Å²) in [6.07, 6.45) is 2.05. The van der Waals surface area contributed by atoms with Crippen LogP contribution in [0.2, 0.25) is 0 Å². The Balaban J connectivity index is 1.52. The van der Waals surface area contributed by atoms with Crippen LogP contribution in [0, 0.1) is 0 Å². The number of ether oxygens (including phenoxy) is 1. The highest BCUT2D eigenvalue weighted by Crippen LogP contribution is 2.18.